The van der Waals surface area contributed by atoms with Gasteiger partial charge in [-0.05, 0) is 209 Å². The van der Waals surface area contributed by atoms with Gasteiger partial charge >= 0.3 is 0 Å². The van der Waals surface area contributed by atoms with Gasteiger partial charge in [-0.25, -0.2) is 0 Å². The summed E-state index contributed by atoms with van der Waals surface area (Å²) in [5, 5.41) is 12.3. The minimum atomic E-state index is -0.538. The Morgan fingerprint density at radius 3 is 1.17 bits per heavy atom. The molecular formula is C118H83BrN2O6. The van der Waals surface area contributed by atoms with Crippen molar-refractivity contribution >= 4 is 171 Å². The van der Waals surface area contributed by atoms with Gasteiger partial charge in [-0.15, -0.1) is 0 Å². The molecule has 4 heterocycles. The number of carbonyl (C=O) groups excluding carboxylic acids is 2. The van der Waals surface area contributed by atoms with Gasteiger partial charge < -0.3 is 27.5 Å². The lowest BCUT2D eigenvalue weighted by molar-refractivity contribution is 0.0815. The van der Waals surface area contributed by atoms with Crippen molar-refractivity contribution in [1.82, 2.24) is 0 Å². The molecule has 4 aromatic heterocycles. The molecule has 608 valence electrons. The van der Waals surface area contributed by atoms with Crippen molar-refractivity contribution in [2.75, 3.05) is 9.80 Å². The average Bonchev–Trinajstić information content (AvgIpc) is 1.67. The summed E-state index contributed by atoms with van der Waals surface area (Å²) in [4.78, 5) is 32.8. The first-order valence-corrected chi connectivity index (χ1v) is 44.6. The third-order valence-electron chi connectivity index (χ3n) is 27.6. The number of fused-ring (bicyclic) bond motifs is 25. The monoisotopic (exact) mass is 1700 g/mol. The van der Waals surface area contributed by atoms with Crippen LogP contribution in [-0.4, -0.2) is 11.6 Å². The van der Waals surface area contributed by atoms with Crippen LogP contribution in [0.15, 0.2) is 368 Å². The maximum absolute atomic E-state index is 14.1. The zero-order valence-electron chi connectivity index (χ0n) is 71.3. The number of rotatable bonds is 11. The van der Waals surface area contributed by atoms with E-state index in [2.05, 4.69) is 397 Å². The molecule has 3 aliphatic carbocycles. The van der Waals surface area contributed by atoms with E-state index in [-0.39, 0.29) is 10.8 Å². The molecule has 22 aromatic rings. The maximum atomic E-state index is 14.1. The smallest absolute Gasteiger partial charge is 0.234 e. The summed E-state index contributed by atoms with van der Waals surface area (Å²) in [6.07, 6.45) is 0. The van der Waals surface area contributed by atoms with Crippen LogP contribution < -0.4 is 9.80 Å². The van der Waals surface area contributed by atoms with Crippen LogP contribution in [-0.2, 0) is 10.8 Å². The van der Waals surface area contributed by atoms with E-state index in [1.165, 1.54) is 66.6 Å². The molecule has 0 radical (unpaired) electrons. The van der Waals surface area contributed by atoms with Crippen molar-refractivity contribution in [3.05, 3.63) is 395 Å². The molecule has 0 fully saturated rings. The molecule has 0 saturated heterocycles. The summed E-state index contributed by atoms with van der Waals surface area (Å²) in [6.45, 7) is 18.0. The predicted octanol–water partition coefficient (Wildman–Crippen LogP) is 33.9. The van der Waals surface area contributed by atoms with Gasteiger partial charge in [0.2, 0.25) is 11.6 Å². The second-order valence-electron chi connectivity index (χ2n) is 36.0. The van der Waals surface area contributed by atoms with Crippen LogP contribution in [0.25, 0.3) is 176 Å². The van der Waals surface area contributed by atoms with Gasteiger partial charge in [-0.1, -0.05) is 314 Å². The Morgan fingerprint density at radius 2 is 0.646 bits per heavy atom. The van der Waals surface area contributed by atoms with E-state index in [9.17, 15) is 9.59 Å². The third kappa shape index (κ3) is 11.4. The fourth-order valence-electron chi connectivity index (χ4n) is 21.3. The summed E-state index contributed by atoms with van der Waals surface area (Å²) in [5.74, 6) is -0.362. The largest absolute Gasteiger partial charge is 0.455 e. The van der Waals surface area contributed by atoms with Crippen LogP contribution in [0.4, 0.5) is 34.1 Å². The van der Waals surface area contributed by atoms with Crippen LogP contribution in [0, 0.1) is 0 Å². The second-order valence-corrected chi connectivity index (χ2v) is 36.8. The number of ketones is 2. The van der Waals surface area contributed by atoms with E-state index in [1.54, 1.807) is 12.1 Å². The number of benzene rings is 18. The molecule has 9 heteroatoms. The van der Waals surface area contributed by atoms with Crippen molar-refractivity contribution in [1.29, 1.82) is 0 Å². The zero-order chi connectivity index (χ0) is 85.7. The molecule has 0 N–H and O–H groups in total. The number of hydrogen-bond acceptors (Lipinski definition) is 8. The average molecular weight is 1700 g/mol. The fraction of sp³-hybridized carbons (Fsp3) is 0.102. The lowest BCUT2D eigenvalue weighted by Gasteiger charge is -2.28. The summed E-state index contributed by atoms with van der Waals surface area (Å²) in [6, 6.07) is 123. The molecule has 0 atom stereocenters. The molecule has 8 nitrogen and oxygen atoms in total. The van der Waals surface area contributed by atoms with E-state index in [0.29, 0.717) is 50.8 Å². The van der Waals surface area contributed by atoms with Crippen molar-refractivity contribution in [2.24, 2.45) is 0 Å². The molecule has 0 bridgehead atoms. The molecule has 0 aliphatic heterocycles. The highest BCUT2D eigenvalue weighted by molar-refractivity contribution is 9.10. The number of furan rings is 4. The van der Waals surface area contributed by atoms with Gasteiger partial charge in [0, 0.05) is 108 Å². The Hall–Kier alpha value is -14.9. The summed E-state index contributed by atoms with van der Waals surface area (Å²) >= 11 is 3.98. The minimum Gasteiger partial charge on any atom is -0.455 e. The maximum Gasteiger partial charge on any atom is 0.234 e. The highest BCUT2D eigenvalue weighted by Gasteiger charge is 2.41. The second kappa shape index (κ2) is 28.6. The molecule has 0 unspecified atom stereocenters. The molecular weight excluding hydrogens is 1620 g/mol. The van der Waals surface area contributed by atoms with Crippen LogP contribution in [0.2, 0.25) is 0 Å². The van der Waals surface area contributed by atoms with E-state index >= 15 is 0 Å². The first-order valence-electron chi connectivity index (χ1n) is 43.8. The highest BCUT2D eigenvalue weighted by atomic mass is 79.9. The number of halogens is 1. The molecule has 18 aromatic carbocycles. The van der Waals surface area contributed by atoms with Gasteiger partial charge in [0.05, 0.1) is 22.7 Å². The van der Waals surface area contributed by atoms with Crippen LogP contribution in [0.5, 0.6) is 0 Å². The molecule has 3 aliphatic rings. The summed E-state index contributed by atoms with van der Waals surface area (Å²) in [5.41, 5.74) is 33.1. The van der Waals surface area contributed by atoms with Gasteiger partial charge in [-0.3, -0.25) is 9.59 Å². The Kier molecular flexibility index (Phi) is 17.1. The van der Waals surface area contributed by atoms with Gasteiger partial charge in [0.1, 0.15) is 33.5 Å². The number of para-hydroxylation sites is 2. The first-order chi connectivity index (χ1) is 61.9. The van der Waals surface area contributed by atoms with Crippen molar-refractivity contribution in [3.63, 3.8) is 0 Å². The van der Waals surface area contributed by atoms with Crippen molar-refractivity contribution in [3.8, 4) is 66.8 Å². The Balaban J connectivity index is 0.000000142. The highest BCUT2D eigenvalue weighted by Crippen LogP contribution is 2.58. The number of hydrogen-bond donors (Lipinski definition) is 0. The van der Waals surface area contributed by atoms with Crippen LogP contribution >= 0.6 is 15.9 Å². The minimum absolute atomic E-state index is 0.109. The van der Waals surface area contributed by atoms with E-state index in [1.807, 2.05) is 18.2 Å². The molecule has 127 heavy (non-hydrogen) atoms. The molecule has 25 rings (SSSR count). The first kappa shape index (κ1) is 75.8. The van der Waals surface area contributed by atoms with Gasteiger partial charge in [-0.2, -0.15) is 0 Å². The number of nitrogens with zero attached hydrogens (tertiary/aromatic N) is 2. The van der Waals surface area contributed by atoms with Gasteiger partial charge in [0.15, 0.2) is 11.2 Å². The SMILES string of the molecule is CC(C)c1ccc2c(c1)oc1c(-c3cccc4oc5c(N(c6ccc7c(c6)-c6ccccc6C7(C)C)c6cccc7c(-c8ccccc8)cccc67)cccc5c34)c(Br)ccc12.CC(C)c1ccc2c(c1)oc1c3c(ccc12)C(=O)C(=O)c1ccc2oc4c(N(c5ccc6c(c5)-c5ccccc5C6(C)C)c5cccc6c(-c7ccccc7)cccc56)cccc4c2c1-3. The Morgan fingerprint density at radius 1 is 0.260 bits per heavy atom. The Labute approximate surface area is 742 Å². The van der Waals surface area contributed by atoms with E-state index in [4.69, 9.17) is 17.7 Å². The third-order valence-corrected chi connectivity index (χ3v) is 28.2. The summed E-state index contributed by atoms with van der Waals surface area (Å²) < 4.78 is 28.7. The summed E-state index contributed by atoms with van der Waals surface area (Å²) in [7, 11) is 0. The number of Topliss-reactive ketones (excluding diaryl/α,β-unsaturated/α-hetero) is 2. The number of anilines is 6. The quantitative estimate of drug-likeness (QED) is 0.118. The lowest BCUT2D eigenvalue weighted by Crippen LogP contribution is -2.21. The molecule has 0 saturated carbocycles. The van der Waals surface area contributed by atoms with Gasteiger partial charge in [0.25, 0.3) is 0 Å². The van der Waals surface area contributed by atoms with Crippen LogP contribution in [0.1, 0.15) is 121 Å². The van der Waals surface area contributed by atoms with E-state index < -0.39 is 11.6 Å². The van der Waals surface area contributed by atoms with Crippen molar-refractivity contribution < 1.29 is 27.3 Å². The van der Waals surface area contributed by atoms with Crippen molar-refractivity contribution in [2.45, 2.75) is 78.1 Å². The van der Waals surface area contributed by atoms with E-state index in [0.717, 1.165) is 154 Å². The Bertz CT molecular complexity index is 8480. The van der Waals surface area contributed by atoms with Crippen LogP contribution in [0.3, 0.4) is 0 Å². The fourth-order valence-corrected chi connectivity index (χ4v) is 21.8. The zero-order valence-corrected chi connectivity index (χ0v) is 72.9. The molecule has 0 spiro atoms. The topological polar surface area (TPSA) is 93.2 Å². The molecule has 0 amide bonds. The normalized spacial score (nSPS) is 13.5. The lowest BCUT2D eigenvalue weighted by atomic mass is 9.81. The number of carbonyl (C=O) groups is 2. The standard InChI is InChI=1S/C60H41NO4.C58H42BrNO2/c1-33(2)35-23-25-41-42-26-27-44-55(59(42)65-52(41)31-35)54-43(56(62)57(44)63)28-30-51-53(54)45-19-12-22-50(58(45)64-51)61(36-24-29-48-46(32-36)39-15-8-9-20-47(39)60(48,3)4)49-21-11-17-38-37(16-10-18-40(38)49)34-13-6-5-7-14-34;1-34(2)36-26-28-42-43-29-31-49(59)55(57(43)62-53(42)32-36)44-20-13-25-52-54(44)45-21-12-24-51(56(45)61-52)60(37-27-30-48-46(33-37)40-16-8-9-22-47(40)58(48,3)4)50-23-11-18-39-38(17-10-19-41(39)50)35-14-6-5-7-15-35/h5-33H,1-4H3;5-34H,1-4H3. The predicted molar refractivity (Wildman–Crippen MR) is 528 cm³/mol.